The van der Waals surface area contributed by atoms with E-state index in [1.807, 2.05) is 25.2 Å². The summed E-state index contributed by atoms with van der Waals surface area (Å²) < 4.78 is 0. The monoisotopic (exact) mass is 356 g/mol. The number of primary amides is 1. The molecule has 142 valence electrons. The molecule has 1 aliphatic rings. The molecule has 3 N–H and O–H groups in total. The van der Waals surface area contributed by atoms with Crippen LogP contribution in [0.5, 0.6) is 0 Å². The molecule has 4 heteroatoms. The fraction of sp³-hybridized carbons (Fsp3) is 0.455. The topological polar surface area (TPSA) is 72.2 Å². The zero-order valence-electron chi connectivity index (χ0n) is 16.7. The minimum absolute atomic E-state index is 0.151. The summed E-state index contributed by atoms with van der Waals surface area (Å²) in [6, 6.07) is 0. The van der Waals surface area contributed by atoms with Crippen molar-refractivity contribution in [3.8, 4) is 0 Å². The first-order valence-electron chi connectivity index (χ1n) is 9.09. The smallest absolute Gasteiger partial charge is 0.244 e. The molecular weight excluding hydrogens is 324 g/mol. The van der Waals surface area contributed by atoms with Crippen molar-refractivity contribution in [2.45, 2.75) is 53.9 Å². The van der Waals surface area contributed by atoms with Gasteiger partial charge in [-0.2, -0.15) is 0 Å². The highest BCUT2D eigenvalue weighted by atomic mass is 16.2. The molecular formula is C22H32N2O2. The van der Waals surface area contributed by atoms with Gasteiger partial charge in [0.15, 0.2) is 0 Å². The first-order chi connectivity index (χ1) is 12.1. The number of allylic oxidation sites excluding steroid dienone is 9. The van der Waals surface area contributed by atoms with Gasteiger partial charge in [-0.05, 0) is 56.6 Å². The summed E-state index contributed by atoms with van der Waals surface area (Å²) in [6.45, 7) is 10.6. The predicted octanol–water partition coefficient (Wildman–Crippen LogP) is 4.12. The molecule has 0 bridgehead atoms. The van der Waals surface area contributed by atoms with Gasteiger partial charge in [0.1, 0.15) is 0 Å². The van der Waals surface area contributed by atoms with Gasteiger partial charge < -0.3 is 11.1 Å². The van der Waals surface area contributed by atoms with E-state index in [-0.39, 0.29) is 17.9 Å². The molecule has 1 rings (SSSR count). The first kappa shape index (κ1) is 21.7. The zero-order chi connectivity index (χ0) is 19.7. The number of carbonyl (C=O) groups excluding carboxylic acids is 2. The Morgan fingerprint density at radius 2 is 1.88 bits per heavy atom. The van der Waals surface area contributed by atoms with Gasteiger partial charge in [-0.25, -0.2) is 0 Å². The summed E-state index contributed by atoms with van der Waals surface area (Å²) in [5, 5.41) is 2.43. The van der Waals surface area contributed by atoms with E-state index in [9.17, 15) is 9.59 Å². The highest BCUT2D eigenvalue weighted by molar-refractivity contribution is 5.91. The van der Waals surface area contributed by atoms with Gasteiger partial charge in [0.25, 0.3) is 0 Å². The first-order valence-corrected chi connectivity index (χ1v) is 9.09. The maximum absolute atomic E-state index is 11.6. The fourth-order valence-corrected chi connectivity index (χ4v) is 3.11. The number of nitrogens with one attached hydrogen (secondary N) is 1. The molecule has 0 saturated heterocycles. The largest absolute Gasteiger partial charge is 0.368 e. The van der Waals surface area contributed by atoms with E-state index in [2.05, 4.69) is 45.2 Å². The maximum atomic E-state index is 11.6. The van der Waals surface area contributed by atoms with Crippen molar-refractivity contribution in [2.75, 3.05) is 6.54 Å². The van der Waals surface area contributed by atoms with E-state index in [4.69, 9.17) is 5.73 Å². The van der Waals surface area contributed by atoms with Crippen molar-refractivity contribution >= 4 is 11.8 Å². The second-order valence-corrected chi connectivity index (χ2v) is 7.61. The van der Waals surface area contributed by atoms with Crippen molar-refractivity contribution < 1.29 is 9.59 Å². The standard InChI is InChI=1S/C22H32N2O2/c1-16(11-12-19-18(3)10-7-13-22(19,4)5)8-6-9-17(2)14-21(26)24-15-20(23)25/h6,8-9,11-12,14H,7,10,13,15H2,1-5H3,(H2,23,25)(H,24,26)/b9-6+,12-11+,16-8+,17-14+. The Balaban J connectivity index is 2.69. The van der Waals surface area contributed by atoms with Crippen LogP contribution in [0.4, 0.5) is 0 Å². The molecule has 0 aromatic carbocycles. The van der Waals surface area contributed by atoms with Gasteiger partial charge >= 0.3 is 0 Å². The van der Waals surface area contributed by atoms with Crippen molar-refractivity contribution in [1.82, 2.24) is 5.32 Å². The maximum Gasteiger partial charge on any atom is 0.244 e. The minimum Gasteiger partial charge on any atom is -0.368 e. The average Bonchev–Trinajstić information content (AvgIpc) is 2.51. The third-order valence-corrected chi connectivity index (χ3v) is 4.57. The van der Waals surface area contributed by atoms with Crippen LogP contribution < -0.4 is 11.1 Å². The lowest BCUT2D eigenvalue weighted by Gasteiger charge is -2.32. The molecule has 1 aliphatic carbocycles. The van der Waals surface area contributed by atoms with Crippen LogP contribution >= 0.6 is 0 Å². The molecule has 0 aromatic rings. The number of nitrogens with two attached hydrogens (primary N) is 1. The molecule has 26 heavy (non-hydrogen) atoms. The van der Waals surface area contributed by atoms with E-state index in [1.54, 1.807) is 0 Å². The summed E-state index contributed by atoms with van der Waals surface area (Å²) in [6.07, 6.45) is 15.3. The van der Waals surface area contributed by atoms with Gasteiger partial charge in [0.05, 0.1) is 6.54 Å². The molecule has 0 spiro atoms. The van der Waals surface area contributed by atoms with Gasteiger partial charge in [0.2, 0.25) is 11.8 Å². The average molecular weight is 357 g/mol. The SMILES string of the molecule is CC1=C(/C=C/C(C)=C/C=C/C(C)=C/C(=O)NCC(N)=O)C(C)(C)CCC1. The summed E-state index contributed by atoms with van der Waals surface area (Å²) in [7, 11) is 0. The highest BCUT2D eigenvalue weighted by Gasteiger charge is 2.26. The summed E-state index contributed by atoms with van der Waals surface area (Å²) in [5.41, 5.74) is 10.1. The van der Waals surface area contributed by atoms with Crippen LogP contribution in [-0.4, -0.2) is 18.4 Å². The van der Waals surface area contributed by atoms with E-state index < -0.39 is 5.91 Å². The van der Waals surface area contributed by atoms with E-state index in [1.165, 1.54) is 36.5 Å². The van der Waals surface area contributed by atoms with Gasteiger partial charge in [-0.3, -0.25) is 9.59 Å². The van der Waals surface area contributed by atoms with E-state index >= 15 is 0 Å². The summed E-state index contributed by atoms with van der Waals surface area (Å²) in [4.78, 5) is 22.2. The van der Waals surface area contributed by atoms with Crippen LogP contribution in [0.1, 0.15) is 53.9 Å². The quantitative estimate of drug-likeness (QED) is 0.532. The third kappa shape index (κ3) is 7.68. The van der Waals surface area contributed by atoms with Crippen molar-refractivity contribution in [2.24, 2.45) is 11.1 Å². The molecule has 0 heterocycles. The zero-order valence-corrected chi connectivity index (χ0v) is 16.7. The number of hydrogen-bond acceptors (Lipinski definition) is 2. The number of carbonyl (C=O) groups is 2. The predicted molar refractivity (Wildman–Crippen MR) is 108 cm³/mol. The molecule has 0 atom stereocenters. The number of amides is 2. The van der Waals surface area contributed by atoms with Crippen LogP contribution in [0.15, 0.2) is 58.7 Å². The molecule has 4 nitrogen and oxygen atoms in total. The molecule has 0 aromatic heterocycles. The number of rotatable bonds is 7. The second kappa shape index (κ2) is 9.95. The van der Waals surface area contributed by atoms with Crippen LogP contribution in [0, 0.1) is 5.41 Å². The molecule has 0 saturated carbocycles. The van der Waals surface area contributed by atoms with Gasteiger partial charge in [-0.15, -0.1) is 0 Å². The molecule has 0 aliphatic heterocycles. The van der Waals surface area contributed by atoms with E-state index in [0.717, 1.165) is 11.1 Å². The number of hydrogen-bond donors (Lipinski definition) is 2. The lowest BCUT2D eigenvalue weighted by Crippen LogP contribution is -2.32. The lowest BCUT2D eigenvalue weighted by atomic mass is 9.72. The Bertz CT molecular complexity index is 689. The third-order valence-electron chi connectivity index (χ3n) is 4.57. The van der Waals surface area contributed by atoms with Crippen LogP contribution in [-0.2, 0) is 9.59 Å². The Morgan fingerprint density at radius 1 is 1.19 bits per heavy atom. The minimum atomic E-state index is -0.559. The lowest BCUT2D eigenvalue weighted by molar-refractivity contribution is -0.122. The molecule has 0 fully saturated rings. The van der Waals surface area contributed by atoms with Crippen LogP contribution in [0.2, 0.25) is 0 Å². The van der Waals surface area contributed by atoms with Gasteiger partial charge in [0, 0.05) is 6.08 Å². The molecule has 0 unspecified atom stereocenters. The molecule has 0 radical (unpaired) electrons. The Morgan fingerprint density at radius 3 is 2.50 bits per heavy atom. The highest BCUT2D eigenvalue weighted by Crippen LogP contribution is 2.40. The van der Waals surface area contributed by atoms with E-state index in [0.29, 0.717) is 0 Å². The normalized spacial score (nSPS) is 18.7. The Labute approximate surface area is 157 Å². The molecule has 2 amide bonds. The van der Waals surface area contributed by atoms with Crippen molar-refractivity contribution in [3.05, 3.63) is 58.7 Å². The Kier molecular flexibility index (Phi) is 8.30. The van der Waals surface area contributed by atoms with Gasteiger partial charge in [-0.1, -0.05) is 55.4 Å². The van der Waals surface area contributed by atoms with Crippen LogP contribution in [0.3, 0.4) is 0 Å². The second-order valence-electron chi connectivity index (χ2n) is 7.61. The fourth-order valence-electron chi connectivity index (χ4n) is 3.11. The summed E-state index contributed by atoms with van der Waals surface area (Å²) >= 11 is 0. The van der Waals surface area contributed by atoms with Crippen molar-refractivity contribution in [3.63, 3.8) is 0 Å². The van der Waals surface area contributed by atoms with Crippen molar-refractivity contribution in [1.29, 1.82) is 0 Å². The van der Waals surface area contributed by atoms with Crippen LogP contribution in [0.25, 0.3) is 0 Å². The summed E-state index contributed by atoms with van der Waals surface area (Å²) in [5.74, 6) is -0.884. The Hall–Kier alpha value is -2.36.